The van der Waals surface area contributed by atoms with Gasteiger partial charge in [-0.05, 0) is 18.2 Å². The smallest absolute Gasteiger partial charge is 0.255 e. The lowest BCUT2D eigenvalue weighted by Gasteiger charge is -2.09. The van der Waals surface area contributed by atoms with Crippen molar-refractivity contribution in [1.82, 2.24) is 4.98 Å². The largest absolute Gasteiger partial charge is 0.496 e. The van der Waals surface area contributed by atoms with E-state index in [4.69, 9.17) is 14.2 Å². The molecule has 92 valence electrons. The summed E-state index contributed by atoms with van der Waals surface area (Å²) in [5, 5.41) is 0. The molecule has 1 aliphatic rings. The highest BCUT2D eigenvalue weighted by molar-refractivity contribution is 5.73. The first kappa shape index (κ1) is 10.7. The number of ether oxygens (including phenoxy) is 3. The van der Waals surface area contributed by atoms with Crippen molar-refractivity contribution < 1.29 is 14.2 Å². The first-order valence-corrected chi connectivity index (χ1v) is 5.45. The molecule has 0 saturated heterocycles. The van der Waals surface area contributed by atoms with E-state index in [-0.39, 0.29) is 12.4 Å². The number of benzene rings is 1. The summed E-state index contributed by atoms with van der Waals surface area (Å²) in [6, 6.07) is 6.98. The molecule has 0 fully saturated rings. The van der Waals surface area contributed by atoms with Crippen LogP contribution in [0.5, 0.6) is 17.2 Å². The average Bonchev–Trinajstić information content (AvgIpc) is 2.85. The van der Waals surface area contributed by atoms with Gasteiger partial charge in [-0.25, -0.2) is 0 Å². The van der Waals surface area contributed by atoms with E-state index in [2.05, 4.69) is 4.98 Å². The zero-order valence-electron chi connectivity index (χ0n) is 9.73. The molecule has 0 aliphatic carbocycles. The SMILES string of the molecule is COc1cc2c(cc1-c1ccc[nH]c1=O)OCO2. The molecule has 0 radical (unpaired) electrons. The van der Waals surface area contributed by atoms with Gasteiger partial charge in [0.2, 0.25) is 6.79 Å². The van der Waals surface area contributed by atoms with Crippen LogP contribution >= 0.6 is 0 Å². The number of aromatic amines is 1. The van der Waals surface area contributed by atoms with Crippen LogP contribution in [0.15, 0.2) is 35.3 Å². The monoisotopic (exact) mass is 245 g/mol. The Morgan fingerprint density at radius 2 is 2.00 bits per heavy atom. The molecule has 2 aromatic rings. The second-order valence-corrected chi connectivity index (χ2v) is 3.82. The molecule has 0 spiro atoms. The Bertz CT molecular complexity index is 648. The predicted octanol–water partition coefficient (Wildman–Crippen LogP) is 1.78. The standard InChI is InChI=1S/C13H11NO4/c1-16-10-6-12-11(17-7-18-12)5-9(10)8-3-2-4-14-13(8)15/h2-6H,7H2,1H3,(H,14,15). The minimum atomic E-state index is -0.172. The molecule has 5 heteroatoms. The number of H-pyrrole nitrogens is 1. The van der Waals surface area contributed by atoms with Gasteiger partial charge in [0.15, 0.2) is 11.5 Å². The second-order valence-electron chi connectivity index (χ2n) is 3.82. The van der Waals surface area contributed by atoms with Crippen molar-refractivity contribution in [1.29, 1.82) is 0 Å². The molecular weight excluding hydrogens is 234 g/mol. The number of aromatic nitrogens is 1. The quantitative estimate of drug-likeness (QED) is 0.876. The van der Waals surface area contributed by atoms with E-state index in [9.17, 15) is 4.79 Å². The summed E-state index contributed by atoms with van der Waals surface area (Å²) >= 11 is 0. The second kappa shape index (κ2) is 4.10. The van der Waals surface area contributed by atoms with E-state index in [0.717, 1.165) is 0 Å². The number of fused-ring (bicyclic) bond motifs is 1. The molecular formula is C13H11NO4. The number of hydrogen-bond donors (Lipinski definition) is 1. The molecule has 1 aliphatic heterocycles. The molecule has 1 N–H and O–H groups in total. The van der Waals surface area contributed by atoms with E-state index in [0.29, 0.717) is 28.4 Å². The van der Waals surface area contributed by atoms with Crippen LogP contribution < -0.4 is 19.8 Å². The van der Waals surface area contributed by atoms with Crippen molar-refractivity contribution >= 4 is 0 Å². The molecule has 0 atom stereocenters. The fraction of sp³-hybridized carbons (Fsp3) is 0.154. The number of nitrogens with one attached hydrogen (secondary N) is 1. The van der Waals surface area contributed by atoms with Crippen LogP contribution in [-0.2, 0) is 0 Å². The zero-order valence-corrected chi connectivity index (χ0v) is 9.73. The Hall–Kier alpha value is -2.43. The highest BCUT2D eigenvalue weighted by atomic mass is 16.7. The lowest BCUT2D eigenvalue weighted by Crippen LogP contribution is -2.07. The molecule has 0 amide bonds. The van der Waals surface area contributed by atoms with E-state index >= 15 is 0 Å². The van der Waals surface area contributed by atoms with Crippen LogP contribution in [0.4, 0.5) is 0 Å². The Balaban J connectivity index is 2.23. The van der Waals surface area contributed by atoms with Crippen LogP contribution in [0.1, 0.15) is 0 Å². The van der Waals surface area contributed by atoms with Crippen molar-refractivity contribution in [2.45, 2.75) is 0 Å². The van der Waals surface area contributed by atoms with Crippen molar-refractivity contribution in [2.75, 3.05) is 13.9 Å². The fourth-order valence-corrected chi connectivity index (χ4v) is 1.94. The van der Waals surface area contributed by atoms with E-state index in [1.165, 1.54) is 0 Å². The van der Waals surface area contributed by atoms with Crippen LogP contribution in [0.2, 0.25) is 0 Å². The van der Waals surface area contributed by atoms with Gasteiger partial charge in [-0.2, -0.15) is 0 Å². The predicted molar refractivity (Wildman–Crippen MR) is 65.2 cm³/mol. The summed E-state index contributed by atoms with van der Waals surface area (Å²) in [6.45, 7) is 0.188. The van der Waals surface area contributed by atoms with Crippen LogP contribution in [-0.4, -0.2) is 18.9 Å². The van der Waals surface area contributed by atoms with Crippen molar-refractivity contribution in [3.05, 3.63) is 40.8 Å². The third kappa shape index (κ3) is 1.60. The van der Waals surface area contributed by atoms with Gasteiger partial charge in [-0.1, -0.05) is 0 Å². The number of hydrogen-bond acceptors (Lipinski definition) is 4. The van der Waals surface area contributed by atoms with Crippen molar-refractivity contribution in [3.8, 4) is 28.4 Å². The molecule has 18 heavy (non-hydrogen) atoms. The van der Waals surface area contributed by atoms with Crippen molar-refractivity contribution in [3.63, 3.8) is 0 Å². The molecule has 1 aromatic carbocycles. The molecule has 2 heterocycles. The van der Waals surface area contributed by atoms with E-state index in [1.807, 2.05) is 0 Å². The molecule has 0 unspecified atom stereocenters. The third-order valence-electron chi connectivity index (χ3n) is 2.80. The van der Waals surface area contributed by atoms with Gasteiger partial charge < -0.3 is 19.2 Å². The minimum absolute atomic E-state index is 0.172. The minimum Gasteiger partial charge on any atom is -0.496 e. The number of pyridine rings is 1. The highest BCUT2D eigenvalue weighted by Gasteiger charge is 2.19. The highest BCUT2D eigenvalue weighted by Crippen LogP contribution is 2.41. The lowest BCUT2D eigenvalue weighted by molar-refractivity contribution is 0.174. The Morgan fingerprint density at radius 1 is 1.22 bits per heavy atom. The topological polar surface area (TPSA) is 60.6 Å². The Kier molecular flexibility index (Phi) is 2.44. The van der Waals surface area contributed by atoms with E-state index < -0.39 is 0 Å². The molecule has 0 saturated carbocycles. The van der Waals surface area contributed by atoms with Gasteiger partial charge >= 0.3 is 0 Å². The van der Waals surface area contributed by atoms with Gasteiger partial charge in [-0.15, -0.1) is 0 Å². The summed E-state index contributed by atoms with van der Waals surface area (Å²) in [7, 11) is 1.55. The first-order chi connectivity index (χ1) is 8.79. The normalized spacial score (nSPS) is 12.5. The molecule has 3 rings (SSSR count). The lowest BCUT2D eigenvalue weighted by atomic mass is 10.1. The summed E-state index contributed by atoms with van der Waals surface area (Å²) < 4.78 is 15.9. The third-order valence-corrected chi connectivity index (χ3v) is 2.80. The zero-order chi connectivity index (χ0) is 12.5. The maximum absolute atomic E-state index is 11.8. The van der Waals surface area contributed by atoms with Gasteiger partial charge in [0.1, 0.15) is 5.75 Å². The number of methoxy groups -OCH3 is 1. The van der Waals surface area contributed by atoms with Crippen LogP contribution in [0, 0.1) is 0 Å². The summed E-state index contributed by atoms with van der Waals surface area (Å²) in [4.78, 5) is 14.4. The first-order valence-electron chi connectivity index (χ1n) is 5.45. The van der Waals surface area contributed by atoms with Crippen LogP contribution in [0.3, 0.4) is 0 Å². The average molecular weight is 245 g/mol. The molecule has 0 bridgehead atoms. The van der Waals surface area contributed by atoms with Gasteiger partial charge in [0.25, 0.3) is 5.56 Å². The van der Waals surface area contributed by atoms with Gasteiger partial charge in [0, 0.05) is 17.8 Å². The maximum atomic E-state index is 11.8. The molecule has 5 nitrogen and oxygen atoms in total. The van der Waals surface area contributed by atoms with Crippen LogP contribution in [0.25, 0.3) is 11.1 Å². The van der Waals surface area contributed by atoms with Crippen molar-refractivity contribution in [2.24, 2.45) is 0 Å². The summed E-state index contributed by atoms with van der Waals surface area (Å²) in [5.41, 5.74) is 1.05. The fourth-order valence-electron chi connectivity index (χ4n) is 1.94. The van der Waals surface area contributed by atoms with Gasteiger partial charge in [0.05, 0.1) is 12.7 Å². The van der Waals surface area contributed by atoms with Gasteiger partial charge in [-0.3, -0.25) is 4.79 Å². The Labute approximate surface area is 103 Å². The van der Waals surface area contributed by atoms with E-state index in [1.54, 1.807) is 37.6 Å². The Morgan fingerprint density at radius 3 is 2.72 bits per heavy atom. The molecule has 1 aromatic heterocycles. The summed E-state index contributed by atoms with van der Waals surface area (Å²) in [6.07, 6.45) is 1.59. The maximum Gasteiger partial charge on any atom is 0.255 e. The number of rotatable bonds is 2. The summed E-state index contributed by atoms with van der Waals surface area (Å²) in [5.74, 6) is 1.83.